The van der Waals surface area contributed by atoms with Crippen LogP contribution in [-0.4, -0.2) is 17.2 Å². The second kappa shape index (κ2) is 5.93. The third-order valence-electron chi connectivity index (χ3n) is 3.16. The van der Waals surface area contributed by atoms with Crippen LogP contribution in [0.4, 0.5) is 17.6 Å². The van der Waals surface area contributed by atoms with Crippen molar-refractivity contribution in [3.63, 3.8) is 0 Å². The molecule has 0 saturated carbocycles. The summed E-state index contributed by atoms with van der Waals surface area (Å²) >= 11 is 0. The molecule has 1 aromatic rings. The van der Waals surface area contributed by atoms with Gasteiger partial charge in [0.15, 0.2) is 0 Å². The molecule has 1 aromatic carbocycles. The molecular weight excluding hydrogens is 286 g/mol. The molecule has 6 heteroatoms. The highest BCUT2D eigenvalue weighted by molar-refractivity contribution is 5.30. The van der Waals surface area contributed by atoms with E-state index in [0.29, 0.717) is 12.6 Å². The van der Waals surface area contributed by atoms with Crippen LogP contribution in [0, 0.1) is 5.82 Å². The maximum Gasteiger partial charge on any atom is 0.419 e. The zero-order chi connectivity index (χ0) is 16.5. The molecule has 1 rings (SSSR count). The van der Waals surface area contributed by atoms with Crippen molar-refractivity contribution in [3.8, 4) is 0 Å². The molecule has 1 atom stereocenters. The van der Waals surface area contributed by atoms with Gasteiger partial charge in [-0.2, -0.15) is 13.2 Å². The predicted octanol–water partition coefficient (Wildman–Crippen LogP) is 3.83. The first-order valence-electron chi connectivity index (χ1n) is 6.67. The van der Waals surface area contributed by atoms with Crippen LogP contribution in [0.25, 0.3) is 0 Å². The van der Waals surface area contributed by atoms with E-state index in [9.17, 15) is 22.7 Å². The van der Waals surface area contributed by atoms with Gasteiger partial charge in [-0.05, 0) is 58.4 Å². The number of nitrogens with one attached hydrogen (secondary N) is 1. The second-order valence-corrected chi connectivity index (χ2v) is 6.39. The summed E-state index contributed by atoms with van der Waals surface area (Å²) in [5, 5.41) is 13.5. The van der Waals surface area contributed by atoms with Crippen molar-refractivity contribution in [3.05, 3.63) is 35.1 Å². The van der Waals surface area contributed by atoms with Crippen LogP contribution in [0.5, 0.6) is 0 Å². The first-order chi connectivity index (χ1) is 9.33. The molecular formula is C15H21F4NO. The fourth-order valence-electron chi connectivity index (χ4n) is 1.91. The highest BCUT2D eigenvalue weighted by atomic mass is 19.4. The summed E-state index contributed by atoms with van der Waals surface area (Å²) in [5.74, 6) is -1.37. The lowest BCUT2D eigenvalue weighted by atomic mass is 9.91. The number of aliphatic hydroxyl groups is 1. The minimum absolute atomic E-state index is 0.128. The minimum atomic E-state index is -4.73. The minimum Gasteiger partial charge on any atom is -0.385 e. The zero-order valence-electron chi connectivity index (χ0n) is 12.6. The first-order valence-corrected chi connectivity index (χ1v) is 6.67. The predicted molar refractivity (Wildman–Crippen MR) is 73.3 cm³/mol. The molecule has 21 heavy (non-hydrogen) atoms. The highest BCUT2D eigenvalue weighted by Gasteiger charge is 2.35. The van der Waals surface area contributed by atoms with Gasteiger partial charge < -0.3 is 10.4 Å². The summed E-state index contributed by atoms with van der Waals surface area (Å²) in [5.41, 5.74) is -2.73. The van der Waals surface area contributed by atoms with Crippen LogP contribution >= 0.6 is 0 Å². The molecule has 0 bridgehead atoms. The van der Waals surface area contributed by atoms with Crippen LogP contribution in [0.15, 0.2) is 18.2 Å². The average Bonchev–Trinajstić information content (AvgIpc) is 2.24. The topological polar surface area (TPSA) is 32.3 Å². The molecule has 0 aliphatic rings. The molecule has 120 valence electrons. The van der Waals surface area contributed by atoms with Gasteiger partial charge in [0.2, 0.25) is 0 Å². The van der Waals surface area contributed by atoms with Crippen molar-refractivity contribution in [1.29, 1.82) is 0 Å². The van der Waals surface area contributed by atoms with E-state index in [0.717, 1.165) is 12.1 Å². The summed E-state index contributed by atoms with van der Waals surface area (Å²) in [6.45, 7) is 7.79. The Balaban J connectivity index is 2.87. The molecule has 0 fully saturated rings. The standard InChI is InChI=1S/C15H21F4NO/c1-13(2,3)20-8-7-14(4,21)10-5-6-11(12(16)9-10)15(17,18)19/h5-6,9,20-21H,7-8H2,1-4H3. The number of halogens is 4. The molecule has 2 nitrogen and oxygen atoms in total. The Morgan fingerprint density at radius 1 is 1.10 bits per heavy atom. The average molecular weight is 307 g/mol. The Labute approximate surface area is 122 Å². The van der Waals surface area contributed by atoms with Gasteiger partial charge in [0, 0.05) is 5.54 Å². The van der Waals surface area contributed by atoms with Gasteiger partial charge in [-0.3, -0.25) is 0 Å². The summed E-state index contributed by atoms with van der Waals surface area (Å²) in [6, 6.07) is 2.53. The summed E-state index contributed by atoms with van der Waals surface area (Å²) in [4.78, 5) is 0. The van der Waals surface area contributed by atoms with Gasteiger partial charge in [-0.1, -0.05) is 6.07 Å². The van der Waals surface area contributed by atoms with Gasteiger partial charge in [-0.25, -0.2) is 4.39 Å². The molecule has 0 spiro atoms. The van der Waals surface area contributed by atoms with Crippen molar-refractivity contribution in [1.82, 2.24) is 5.32 Å². The smallest absolute Gasteiger partial charge is 0.385 e. The van der Waals surface area contributed by atoms with E-state index in [1.807, 2.05) is 20.8 Å². The molecule has 2 N–H and O–H groups in total. The summed E-state index contributed by atoms with van der Waals surface area (Å²) < 4.78 is 51.0. The normalized spacial score (nSPS) is 15.9. The Kier molecular flexibility index (Phi) is 5.05. The van der Waals surface area contributed by atoms with Crippen LogP contribution in [-0.2, 0) is 11.8 Å². The van der Waals surface area contributed by atoms with E-state index in [2.05, 4.69) is 5.32 Å². The number of hydrogen-bond acceptors (Lipinski definition) is 2. The molecule has 0 amide bonds. The molecule has 0 aliphatic heterocycles. The molecule has 0 aliphatic carbocycles. The van der Waals surface area contributed by atoms with Crippen molar-refractivity contribution >= 4 is 0 Å². The van der Waals surface area contributed by atoms with Gasteiger partial charge in [0.1, 0.15) is 5.82 Å². The van der Waals surface area contributed by atoms with Crippen molar-refractivity contribution in [2.24, 2.45) is 0 Å². The number of benzene rings is 1. The summed E-state index contributed by atoms with van der Waals surface area (Å²) in [6.07, 6.45) is -4.47. The molecule has 0 saturated heterocycles. The molecule has 0 heterocycles. The van der Waals surface area contributed by atoms with Gasteiger partial charge >= 0.3 is 6.18 Å². The van der Waals surface area contributed by atoms with E-state index in [1.165, 1.54) is 6.92 Å². The number of rotatable bonds is 4. The Hall–Kier alpha value is -1.14. The molecule has 0 radical (unpaired) electrons. The molecule has 1 unspecified atom stereocenters. The van der Waals surface area contributed by atoms with E-state index < -0.39 is 23.2 Å². The third kappa shape index (κ3) is 5.28. The zero-order valence-corrected chi connectivity index (χ0v) is 12.6. The highest BCUT2D eigenvalue weighted by Crippen LogP contribution is 2.34. The van der Waals surface area contributed by atoms with Crippen molar-refractivity contribution in [2.75, 3.05) is 6.54 Å². The largest absolute Gasteiger partial charge is 0.419 e. The fourth-order valence-corrected chi connectivity index (χ4v) is 1.91. The van der Waals surface area contributed by atoms with Crippen LogP contribution < -0.4 is 5.32 Å². The number of hydrogen-bond donors (Lipinski definition) is 2. The Morgan fingerprint density at radius 2 is 1.67 bits per heavy atom. The fraction of sp³-hybridized carbons (Fsp3) is 0.600. The first kappa shape index (κ1) is 17.9. The van der Waals surface area contributed by atoms with Crippen LogP contribution in [0.3, 0.4) is 0 Å². The van der Waals surface area contributed by atoms with Crippen molar-refractivity contribution < 1.29 is 22.7 Å². The Morgan fingerprint density at radius 3 is 2.10 bits per heavy atom. The van der Waals surface area contributed by atoms with E-state index >= 15 is 0 Å². The van der Waals surface area contributed by atoms with Crippen molar-refractivity contribution in [2.45, 2.75) is 51.4 Å². The van der Waals surface area contributed by atoms with E-state index in [1.54, 1.807) is 0 Å². The third-order valence-corrected chi connectivity index (χ3v) is 3.16. The lowest BCUT2D eigenvalue weighted by molar-refractivity contribution is -0.140. The second-order valence-electron chi connectivity index (χ2n) is 6.39. The molecule has 0 aromatic heterocycles. The van der Waals surface area contributed by atoms with Crippen LogP contribution in [0.1, 0.15) is 45.2 Å². The monoisotopic (exact) mass is 307 g/mol. The maximum absolute atomic E-state index is 13.5. The summed E-state index contributed by atoms with van der Waals surface area (Å²) in [7, 11) is 0. The van der Waals surface area contributed by atoms with E-state index in [-0.39, 0.29) is 17.5 Å². The van der Waals surface area contributed by atoms with Gasteiger partial charge in [-0.15, -0.1) is 0 Å². The van der Waals surface area contributed by atoms with Gasteiger partial charge in [0.25, 0.3) is 0 Å². The SMILES string of the molecule is CC(C)(C)NCCC(C)(O)c1ccc(C(F)(F)F)c(F)c1. The maximum atomic E-state index is 13.5. The van der Waals surface area contributed by atoms with E-state index in [4.69, 9.17) is 0 Å². The van der Waals surface area contributed by atoms with Crippen LogP contribution in [0.2, 0.25) is 0 Å². The quantitative estimate of drug-likeness (QED) is 0.829. The van der Waals surface area contributed by atoms with Gasteiger partial charge in [0.05, 0.1) is 11.2 Å². The lowest BCUT2D eigenvalue weighted by Gasteiger charge is -2.27. The Bertz CT molecular complexity index is 489. The lowest BCUT2D eigenvalue weighted by Crippen LogP contribution is -2.39. The number of alkyl halides is 3.